The summed E-state index contributed by atoms with van der Waals surface area (Å²) in [5.41, 5.74) is 1.45. The first-order valence-electron chi connectivity index (χ1n) is 13.9. The summed E-state index contributed by atoms with van der Waals surface area (Å²) in [5.74, 6) is 0.0427. The van der Waals surface area contributed by atoms with E-state index in [2.05, 4.69) is 18.9 Å². The number of alkyl halides is 6. The average molecular weight is 599 g/mol. The maximum Gasteiger partial charge on any atom is 0.406 e. The Morgan fingerprint density at radius 3 is 2.24 bits per heavy atom. The molecule has 42 heavy (non-hydrogen) atoms. The molecule has 4 rings (SSSR count). The Labute approximate surface area is 241 Å². The molecule has 0 unspecified atom stereocenters. The molecule has 2 heterocycles. The lowest BCUT2D eigenvalue weighted by Crippen LogP contribution is -2.50. The number of aromatic nitrogens is 2. The van der Waals surface area contributed by atoms with E-state index < -0.39 is 31.3 Å². The molecule has 0 spiro atoms. The van der Waals surface area contributed by atoms with Crippen LogP contribution in [-0.4, -0.2) is 75.9 Å². The topological polar surface area (TPSA) is 50.6 Å². The van der Waals surface area contributed by atoms with Crippen LogP contribution in [0.3, 0.4) is 0 Å². The second-order valence-corrected chi connectivity index (χ2v) is 11.6. The standard InChI is InChI=1S/C30H36F6N4O2/c1-20(2)42-23-10-7-21(8-11-23)15-26-37-24-16-22(27(41)39(18-29(31,32)33)19-30(34,35)36)9-12-25(24)40(26)17-28(3)13-5-6-14-38(28)4/h7-12,16,20H,5-6,13-15,17-19H2,1-4H3/t28-/m1/s1. The molecule has 6 nitrogen and oxygen atoms in total. The summed E-state index contributed by atoms with van der Waals surface area (Å²) in [6, 6.07) is 11.7. The lowest BCUT2D eigenvalue weighted by Gasteiger charge is -2.43. The van der Waals surface area contributed by atoms with Gasteiger partial charge in [-0.15, -0.1) is 0 Å². The third kappa shape index (κ3) is 7.96. The largest absolute Gasteiger partial charge is 0.491 e. The Kier molecular flexibility index (Phi) is 9.15. The van der Waals surface area contributed by atoms with Crippen molar-refractivity contribution in [3.63, 3.8) is 0 Å². The summed E-state index contributed by atoms with van der Waals surface area (Å²) in [6.07, 6.45) is -6.43. The van der Waals surface area contributed by atoms with Crippen molar-refractivity contribution >= 4 is 16.9 Å². The highest BCUT2D eigenvalue weighted by molar-refractivity contribution is 5.97. The van der Waals surface area contributed by atoms with E-state index in [-0.39, 0.29) is 22.1 Å². The van der Waals surface area contributed by atoms with E-state index >= 15 is 0 Å². The minimum Gasteiger partial charge on any atom is -0.491 e. The van der Waals surface area contributed by atoms with Gasteiger partial charge < -0.3 is 14.2 Å². The van der Waals surface area contributed by atoms with Crippen LogP contribution in [0.2, 0.25) is 0 Å². The third-order valence-corrected chi connectivity index (χ3v) is 7.64. The number of amides is 1. The molecule has 1 aliphatic rings. The molecule has 1 amide bonds. The van der Waals surface area contributed by atoms with Gasteiger partial charge in [0.25, 0.3) is 5.91 Å². The number of piperidine rings is 1. The van der Waals surface area contributed by atoms with Crippen LogP contribution in [0.25, 0.3) is 11.0 Å². The Balaban J connectivity index is 1.72. The predicted octanol–water partition coefficient (Wildman–Crippen LogP) is 6.86. The second kappa shape index (κ2) is 12.1. The number of halogens is 6. The summed E-state index contributed by atoms with van der Waals surface area (Å²) in [6.45, 7) is 3.53. The summed E-state index contributed by atoms with van der Waals surface area (Å²) in [7, 11) is 2.07. The first kappa shape index (κ1) is 31.7. The van der Waals surface area contributed by atoms with Crippen LogP contribution in [0.4, 0.5) is 26.3 Å². The van der Waals surface area contributed by atoms with Crippen LogP contribution >= 0.6 is 0 Å². The van der Waals surface area contributed by atoms with Gasteiger partial charge in [0.2, 0.25) is 0 Å². The number of likely N-dealkylation sites (tertiary alicyclic amines) is 1. The van der Waals surface area contributed by atoms with Gasteiger partial charge in [-0.05, 0) is 83.1 Å². The Morgan fingerprint density at radius 1 is 1.02 bits per heavy atom. The van der Waals surface area contributed by atoms with Crippen LogP contribution in [0.1, 0.15) is 61.8 Å². The molecule has 12 heteroatoms. The number of rotatable bonds is 9. The lowest BCUT2D eigenvalue weighted by atomic mass is 9.88. The predicted molar refractivity (Wildman–Crippen MR) is 148 cm³/mol. The summed E-state index contributed by atoms with van der Waals surface area (Å²) < 4.78 is 86.1. The van der Waals surface area contributed by atoms with Crippen LogP contribution in [0.15, 0.2) is 42.5 Å². The number of imidazole rings is 1. The first-order chi connectivity index (χ1) is 19.5. The van der Waals surface area contributed by atoms with Gasteiger partial charge in [-0.1, -0.05) is 18.6 Å². The van der Waals surface area contributed by atoms with Crippen molar-refractivity contribution in [2.45, 2.75) is 77.0 Å². The molecule has 1 aromatic heterocycles. The molecule has 230 valence electrons. The van der Waals surface area contributed by atoms with Gasteiger partial charge in [-0.2, -0.15) is 26.3 Å². The number of hydrogen-bond acceptors (Lipinski definition) is 4. The number of hydrogen-bond donors (Lipinski definition) is 0. The van der Waals surface area contributed by atoms with E-state index in [9.17, 15) is 31.1 Å². The molecular weight excluding hydrogens is 562 g/mol. The van der Waals surface area contributed by atoms with Crippen molar-refractivity contribution in [3.05, 3.63) is 59.4 Å². The fraction of sp³-hybridized carbons (Fsp3) is 0.533. The molecule has 2 aromatic carbocycles. The molecule has 1 aliphatic heterocycles. The monoisotopic (exact) mass is 598 g/mol. The van der Waals surface area contributed by atoms with E-state index in [4.69, 9.17) is 9.72 Å². The second-order valence-electron chi connectivity index (χ2n) is 11.6. The number of carbonyl (C=O) groups is 1. The van der Waals surface area contributed by atoms with Gasteiger partial charge >= 0.3 is 12.4 Å². The summed E-state index contributed by atoms with van der Waals surface area (Å²) >= 11 is 0. The van der Waals surface area contributed by atoms with Crippen molar-refractivity contribution in [1.82, 2.24) is 19.4 Å². The van der Waals surface area contributed by atoms with Crippen molar-refractivity contribution in [1.29, 1.82) is 0 Å². The average Bonchev–Trinajstić information content (AvgIpc) is 3.20. The van der Waals surface area contributed by atoms with Crippen molar-refractivity contribution in [2.75, 3.05) is 26.7 Å². The zero-order valence-electron chi connectivity index (χ0n) is 24.1. The van der Waals surface area contributed by atoms with E-state index in [1.807, 2.05) is 42.7 Å². The fourth-order valence-corrected chi connectivity index (χ4v) is 5.44. The number of benzene rings is 2. The Morgan fingerprint density at radius 2 is 1.67 bits per heavy atom. The fourth-order valence-electron chi connectivity index (χ4n) is 5.44. The zero-order chi connectivity index (χ0) is 30.9. The first-order valence-corrected chi connectivity index (χ1v) is 13.9. The number of nitrogens with zero attached hydrogens (tertiary/aromatic N) is 4. The smallest absolute Gasteiger partial charge is 0.406 e. The lowest BCUT2D eigenvalue weighted by molar-refractivity contribution is -0.171. The van der Waals surface area contributed by atoms with Gasteiger partial charge in [0.15, 0.2) is 0 Å². The van der Waals surface area contributed by atoms with Crippen LogP contribution in [-0.2, 0) is 13.0 Å². The number of likely N-dealkylation sites (N-methyl/N-ethyl adjacent to an activating group) is 1. The minimum absolute atomic E-state index is 0.0216. The van der Waals surface area contributed by atoms with Crippen LogP contribution in [0, 0.1) is 0 Å². The molecule has 0 bridgehead atoms. The van der Waals surface area contributed by atoms with Crippen molar-refractivity contribution < 1.29 is 35.9 Å². The van der Waals surface area contributed by atoms with Gasteiger partial charge in [0.05, 0.1) is 17.1 Å². The molecule has 0 radical (unpaired) electrons. The number of fused-ring (bicyclic) bond motifs is 1. The van der Waals surface area contributed by atoms with Gasteiger partial charge in [-0.25, -0.2) is 4.98 Å². The molecular formula is C30H36F6N4O2. The summed E-state index contributed by atoms with van der Waals surface area (Å²) in [5, 5.41) is 0. The minimum atomic E-state index is -4.99. The normalized spacial score (nSPS) is 18.5. The van der Waals surface area contributed by atoms with E-state index in [1.165, 1.54) is 12.1 Å². The Hall–Kier alpha value is -3.28. The molecule has 3 aromatic rings. The van der Waals surface area contributed by atoms with Crippen molar-refractivity contribution in [2.24, 2.45) is 0 Å². The van der Waals surface area contributed by atoms with Crippen LogP contribution in [0.5, 0.6) is 5.75 Å². The highest BCUT2D eigenvalue weighted by Gasteiger charge is 2.40. The summed E-state index contributed by atoms with van der Waals surface area (Å²) in [4.78, 5) is 19.7. The highest BCUT2D eigenvalue weighted by Crippen LogP contribution is 2.32. The van der Waals surface area contributed by atoms with Crippen molar-refractivity contribution in [3.8, 4) is 5.75 Å². The van der Waals surface area contributed by atoms with E-state index in [0.717, 1.165) is 37.1 Å². The van der Waals surface area contributed by atoms with E-state index in [0.29, 0.717) is 29.8 Å². The van der Waals surface area contributed by atoms with Gasteiger partial charge in [0.1, 0.15) is 24.7 Å². The zero-order valence-corrected chi connectivity index (χ0v) is 24.1. The maximum absolute atomic E-state index is 13.1. The van der Waals surface area contributed by atoms with Gasteiger partial charge in [-0.3, -0.25) is 9.69 Å². The maximum atomic E-state index is 13.1. The van der Waals surface area contributed by atoms with Gasteiger partial charge in [0, 0.05) is 24.1 Å². The van der Waals surface area contributed by atoms with Crippen LogP contribution < -0.4 is 4.74 Å². The number of ether oxygens (including phenoxy) is 1. The van der Waals surface area contributed by atoms with E-state index in [1.54, 1.807) is 6.07 Å². The molecule has 0 saturated carbocycles. The molecule has 0 aliphatic carbocycles. The highest BCUT2D eigenvalue weighted by atomic mass is 19.4. The molecule has 1 fully saturated rings. The number of carbonyl (C=O) groups excluding carboxylic acids is 1. The SMILES string of the molecule is CC(C)Oc1ccc(Cc2nc3cc(C(=O)N(CC(F)(F)F)CC(F)(F)F)ccc3n2C[C@@]2(C)CCCCN2C)cc1. The molecule has 1 saturated heterocycles. The molecule has 1 atom stereocenters. The molecule has 0 N–H and O–H groups in total. The third-order valence-electron chi connectivity index (χ3n) is 7.64. The Bertz CT molecular complexity index is 1370. The quantitative estimate of drug-likeness (QED) is 0.253.